The van der Waals surface area contributed by atoms with Gasteiger partial charge in [0.15, 0.2) is 6.29 Å². The van der Waals surface area contributed by atoms with E-state index in [4.69, 9.17) is 4.74 Å². The predicted octanol–water partition coefficient (Wildman–Crippen LogP) is 2.93. The van der Waals surface area contributed by atoms with E-state index in [0.29, 0.717) is 21.8 Å². The van der Waals surface area contributed by atoms with Crippen molar-refractivity contribution in [3.63, 3.8) is 0 Å². The Hall–Kier alpha value is -2.14. The highest BCUT2D eigenvalue weighted by Crippen LogP contribution is 2.32. The third kappa shape index (κ3) is 2.12. The first-order valence-electron chi connectivity index (χ1n) is 5.11. The van der Waals surface area contributed by atoms with Crippen LogP contribution in [-0.2, 0) is 0 Å². The van der Waals surface area contributed by atoms with Crippen molar-refractivity contribution in [1.82, 2.24) is 0 Å². The topological polar surface area (TPSA) is 63.6 Å². The van der Waals surface area contributed by atoms with Gasteiger partial charge >= 0.3 is 5.97 Å². The minimum Gasteiger partial charge on any atom is -0.497 e. The fraction of sp³-hybridized carbons (Fsp3) is 0.0769. The van der Waals surface area contributed by atoms with Crippen molar-refractivity contribution in [1.29, 1.82) is 0 Å². The largest absolute Gasteiger partial charge is 0.497 e. The average Bonchev–Trinajstić information content (AvgIpc) is 2.86. The Morgan fingerprint density at radius 3 is 2.72 bits per heavy atom. The summed E-state index contributed by atoms with van der Waals surface area (Å²) in [7, 11) is 1.47. The zero-order valence-electron chi connectivity index (χ0n) is 9.54. The summed E-state index contributed by atoms with van der Waals surface area (Å²) in [5.41, 5.74) is 1.28. The van der Waals surface area contributed by atoms with E-state index in [0.717, 1.165) is 6.29 Å². The van der Waals surface area contributed by atoms with Crippen LogP contribution in [0.2, 0.25) is 0 Å². The SMILES string of the molecule is COc1ccc(-c2ccsc2C=O)c(C(=O)O)c1. The van der Waals surface area contributed by atoms with Crippen LogP contribution < -0.4 is 4.74 Å². The molecule has 0 unspecified atom stereocenters. The van der Waals surface area contributed by atoms with Gasteiger partial charge in [0.05, 0.1) is 17.6 Å². The lowest BCUT2D eigenvalue weighted by molar-refractivity contribution is 0.0697. The molecule has 0 aliphatic heterocycles. The van der Waals surface area contributed by atoms with Crippen LogP contribution in [-0.4, -0.2) is 24.5 Å². The summed E-state index contributed by atoms with van der Waals surface area (Å²) in [6.07, 6.45) is 0.732. The Balaban J connectivity index is 2.63. The van der Waals surface area contributed by atoms with E-state index in [9.17, 15) is 14.7 Å². The number of carboxylic acids is 1. The quantitative estimate of drug-likeness (QED) is 0.860. The van der Waals surface area contributed by atoms with Gasteiger partial charge in [0.25, 0.3) is 0 Å². The number of carbonyl (C=O) groups is 2. The molecule has 18 heavy (non-hydrogen) atoms. The summed E-state index contributed by atoms with van der Waals surface area (Å²) in [6, 6.07) is 6.51. The lowest BCUT2D eigenvalue weighted by Crippen LogP contribution is -2.00. The summed E-state index contributed by atoms with van der Waals surface area (Å²) >= 11 is 1.28. The molecule has 0 saturated carbocycles. The van der Waals surface area contributed by atoms with E-state index >= 15 is 0 Å². The molecule has 4 nitrogen and oxygen atoms in total. The smallest absolute Gasteiger partial charge is 0.336 e. The molecule has 1 N–H and O–H groups in total. The molecule has 0 saturated heterocycles. The van der Waals surface area contributed by atoms with E-state index in [1.807, 2.05) is 0 Å². The summed E-state index contributed by atoms with van der Waals surface area (Å²) in [5.74, 6) is -0.578. The maximum absolute atomic E-state index is 11.2. The third-order valence-corrected chi connectivity index (χ3v) is 3.39. The van der Waals surface area contributed by atoms with Crippen molar-refractivity contribution in [2.24, 2.45) is 0 Å². The highest BCUT2D eigenvalue weighted by atomic mass is 32.1. The number of hydrogen-bond acceptors (Lipinski definition) is 4. The average molecular weight is 262 g/mol. The Labute approximate surface area is 107 Å². The number of aldehydes is 1. The number of aromatic carboxylic acids is 1. The normalized spacial score (nSPS) is 10.1. The van der Waals surface area contributed by atoms with Crippen LogP contribution in [0.25, 0.3) is 11.1 Å². The maximum Gasteiger partial charge on any atom is 0.336 e. The van der Waals surface area contributed by atoms with Crippen molar-refractivity contribution in [2.45, 2.75) is 0 Å². The van der Waals surface area contributed by atoms with Gasteiger partial charge in [-0.25, -0.2) is 4.79 Å². The van der Waals surface area contributed by atoms with Gasteiger partial charge < -0.3 is 9.84 Å². The molecule has 0 radical (unpaired) electrons. The van der Waals surface area contributed by atoms with Crippen molar-refractivity contribution in [3.8, 4) is 16.9 Å². The Morgan fingerprint density at radius 1 is 1.33 bits per heavy atom. The molecule has 1 heterocycles. The number of methoxy groups -OCH3 is 1. The monoisotopic (exact) mass is 262 g/mol. The Morgan fingerprint density at radius 2 is 2.11 bits per heavy atom. The molecule has 0 aliphatic carbocycles. The molecule has 0 atom stereocenters. The van der Waals surface area contributed by atoms with Crippen molar-refractivity contribution < 1.29 is 19.4 Å². The Kier molecular flexibility index (Phi) is 3.43. The lowest BCUT2D eigenvalue weighted by atomic mass is 10.00. The van der Waals surface area contributed by atoms with Crippen molar-refractivity contribution in [2.75, 3.05) is 7.11 Å². The first-order chi connectivity index (χ1) is 8.67. The standard InChI is InChI=1S/C13H10O4S/c1-17-8-2-3-9(11(6-8)13(15)16)10-4-5-18-12(10)7-14/h2-7H,1H3,(H,15,16). The van der Waals surface area contributed by atoms with Crippen LogP contribution in [0, 0.1) is 0 Å². The second-order valence-corrected chi connectivity index (χ2v) is 4.48. The molecule has 2 rings (SSSR count). The molecule has 0 bridgehead atoms. The molecular formula is C13H10O4S. The molecule has 0 aliphatic rings. The second kappa shape index (κ2) is 5.01. The van der Waals surface area contributed by atoms with Gasteiger partial charge in [-0.1, -0.05) is 0 Å². The lowest BCUT2D eigenvalue weighted by Gasteiger charge is -2.07. The van der Waals surface area contributed by atoms with Gasteiger partial charge in [0.1, 0.15) is 5.75 Å². The fourth-order valence-corrected chi connectivity index (χ4v) is 2.41. The molecule has 5 heteroatoms. The van der Waals surface area contributed by atoms with Crippen LogP contribution in [0.3, 0.4) is 0 Å². The molecule has 0 amide bonds. The molecule has 92 valence electrons. The van der Waals surface area contributed by atoms with Crippen molar-refractivity contribution >= 4 is 23.6 Å². The maximum atomic E-state index is 11.2. The number of benzene rings is 1. The Bertz CT molecular complexity index is 601. The molecule has 1 aromatic heterocycles. The van der Waals surface area contributed by atoms with E-state index in [1.165, 1.54) is 24.5 Å². The number of carbonyl (C=O) groups excluding carboxylic acids is 1. The van der Waals surface area contributed by atoms with E-state index < -0.39 is 5.97 Å². The first-order valence-corrected chi connectivity index (χ1v) is 5.99. The van der Waals surface area contributed by atoms with E-state index in [1.54, 1.807) is 23.6 Å². The number of thiophene rings is 1. The highest BCUT2D eigenvalue weighted by Gasteiger charge is 2.16. The van der Waals surface area contributed by atoms with Crippen LogP contribution in [0.1, 0.15) is 20.0 Å². The third-order valence-electron chi connectivity index (χ3n) is 2.55. The molecular weight excluding hydrogens is 252 g/mol. The minimum absolute atomic E-state index is 0.121. The number of hydrogen-bond donors (Lipinski definition) is 1. The molecule has 2 aromatic rings. The summed E-state index contributed by atoms with van der Waals surface area (Å²) in [6.45, 7) is 0. The van der Waals surface area contributed by atoms with Crippen LogP contribution in [0.4, 0.5) is 0 Å². The number of ether oxygens (including phenoxy) is 1. The van der Waals surface area contributed by atoms with Gasteiger partial charge in [-0.15, -0.1) is 11.3 Å². The van der Waals surface area contributed by atoms with Crippen LogP contribution in [0.15, 0.2) is 29.6 Å². The molecule has 0 fully saturated rings. The highest BCUT2D eigenvalue weighted by molar-refractivity contribution is 7.12. The van der Waals surface area contributed by atoms with Gasteiger partial charge in [-0.05, 0) is 35.2 Å². The first kappa shape index (κ1) is 12.3. The fourth-order valence-electron chi connectivity index (χ4n) is 1.70. The van der Waals surface area contributed by atoms with E-state index in [2.05, 4.69) is 0 Å². The number of rotatable bonds is 4. The van der Waals surface area contributed by atoms with Crippen molar-refractivity contribution in [3.05, 3.63) is 40.1 Å². The van der Waals surface area contributed by atoms with Gasteiger partial charge in [0.2, 0.25) is 0 Å². The zero-order valence-corrected chi connectivity index (χ0v) is 10.4. The minimum atomic E-state index is -1.05. The van der Waals surface area contributed by atoms with Gasteiger partial charge in [-0.2, -0.15) is 0 Å². The van der Waals surface area contributed by atoms with Crippen LogP contribution in [0.5, 0.6) is 5.75 Å². The summed E-state index contributed by atoms with van der Waals surface area (Å²) in [5, 5.41) is 11.0. The van der Waals surface area contributed by atoms with Gasteiger partial charge in [-0.3, -0.25) is 4.79 Å². The zero-order chi connectivity index (χ0) is 13.1. The molecule has 0 spiro atoms. The second-order valence-electron chi connectivity index (χ2n) is 3.53. The predicted molar refractivity (Wildman–Crippen MR) is 68.7 cm³/mol. The van der Waals surface area contributed by atoms with Gasteiger partial charge in [0, 0.05) is 5.56 Å². The number of carboxylic acid groups (broad SMARTS) is 1. The summed E-state index contributed by atoms with van der Waals surface area (Å²) < 4.78 is 5.00. The molecule has 1 aromatic carbocycles. The summed E-state index contributed by atoms with van der Waals surface area (Å²) in [4.78, 5) is 22.7. The van der Waals surface area contributed by atoms with Crippen LogP contribution >= 0.6 is 11.3 Å². The van der Waals surface area contributed by atoms with E-state index in [-0.39, 0.29) is 5.56 Å².